The Kier molecular flexibility index (Phi) is 9.97. The summed E-state index contributed by atoms with van der Waals surface area (Å²) in [5, 5.41) is 4.81. The third-order valence-electron chi connectivity index (χ3n) is 2.58. The van der Waals surface area contributed by atoms with Crippen molar-refractivity contribution >= 4 is 10.2 Å². The van der Waals surface area contributed by atoms with E-state index >= 15 is 0 Å². The van der Waals surface area contributed by atoms with Crippen LogP contribution in [-0.2, 0) is 10.2 Å². The van der Waals surface area contributed by atoms with E-state index in [9.17, 15) is 8.42 Å². The molecule has 16 heavy (non-hydrogen) atoms. The first-order valence-electron chi connectivity index (χ1n) is 6.33. The van der Waals surface area contributed by atoms with Crippen molar-refractivity contribution in [3.8, 4) is 0 Å². The highest BCUT2D eigenvalue weighted by Crippen LogP contribution is 2.09. The molecule has 4 nitrogen and oxygen atoms in total. The van der Waals surface area contributed by atoms with E-state index in [-0.39, 0.29) is 0 Å². The zero-order chi connectivity index (χ0) is 12.3. The van der Waals surface area contributed by atoms with E-state index in [2.05, 4.69) is 11.6 Å². The molecule has 0 atom stereocenters. The zero-order valence-electron chi connectivity index (χ0n) is 10.4. The van der Waals surface area contributed by atoms with Gasteiger partial charge in [0.2, 0.25) is 0 Å². The molecule has 0 aliphatic carbocycles. The van der Waals surface area contributed by atoms with Gasteiger partial charge in [0.25, 0.3) is 10.2 Å². The molecule has 0 bridgehead atoms. The molecule has 0 spiro atoms. The lowest BCUT2D eigenvalue weighted by molar-refractivity contribution is 0.554. The van der Waals surface area contributed by atoms with E-state index < -0.39 is 10.2 Å². The number of unbranched alkanes of at least 4 members (excludes halogenated alkanes) is 8. The number of rotatable bonds is 11. The second-order valence-corrected chi connectivity index (χ2v) is 5.65. The summed E-state index contributed by atoms with van der Waals surface area (Å²) in [7, 11) is -3.48. The van der Waals surface area contributed by atoms with Gasteiger partial charge in [-0.3, -0.25) is 0 Å². The first-order chi connectivity index (χ1) is 7.56. The average Bonchev–Trinajstić information content (AvgIpc) is 2.19. The molecule has 3 N–H and O–H groups in total. The zero-order valence-corrected chi connectivity index (χ0v) is 11.2. The molecule has 0 aromatic carbocycles. The van der Waals surface area contributed by atoms with Gasteiger partial charge < -0.3 is 0 Å². The molecule has 0 aromatic rings. The molecule has 0 fully saturated rings. The maximum atomic E-state index is 10.5. The van der Waals surface area contributed by atoms with Crippen molar-refractivity contribution in [2.24, 2.45) is 5.14 Å². The van der Waals surface area contributed by atoms with Crippen molar-refractivity contribution in [2.45, 2.75) is 64.7 Å². The Morgan fingerprint density at radius 2 is 1.31 bits per heavy atom. The normalized spacial score (nSPS) is 11.9. The Bertz CT molecular complexity index is 240. The van der Waals surface area contributed by atoms with Gasteiger partial charge in [0, 0.05) is 6.54 Å². The quantitative estimate of drug-likeness (QED) is 0.552. The van der Waals surface area contributed by atoms with E-state index in [1.165, 1.54) is 44.9 Å². The average molecular weight is 250 g/mol. The van der Waals surface area contributed by atoms with Crippen molar-refractivity contribution in [2.75, 3.05) is 6.54 Å². The molecule has 5 heteroatoms. The van der Waals surface area contributed by atoms with E-state index in [0.717, 1.165) is 12.8 Å². The van der Waals surface area contributed by atoms with Gasteiger partial charge in [0.1, 0.15) is 0 Å². The summed E-state index contributed by atoms with van der Waals surface area (Å²) in [4.78, 5) is 0. The fraction of sp³-hybridized carbons (Fsp3) is 1.00. The van der Waals surface area contributed by atoms with Crippen LogP contribution in [0.4, 0.5) is 0 Å². The Morgan fingerprint density at radius 1 is 0.875 bits per heavy atom. The van der Waals surface area contributed by atoms with Crippen LogP contribution in [0.2, 0.25) is 0 Å². The summed E-state index contributed by atoms with van der Waals surface area (Å²) in [6.07, 6.45) is 11.0. The van der Waals surface area contributed by atoms with Gasteiger partial charge in [-0.1, -0.05) is 58.3 Å². The highest BCUT2D eigenvalue weighted by atomic mass is 32.2. The van der Waals surface area contributed by atoms with E-state index in [1.807, 2.05) is 0 Å². The Hall–Kier alpha value is -0.130. The maximum Gasteiger partial charge on any atom is 0.274 e. The highest BCUT2D eigenvalue weighted by molar-refractivity contribution is 7.87. The van der Waals surface area contributed by atoms with Crippen molar-refractivity contribution in [1.29, 1.82) is 0 Å². The minimum atomic E-state index is -3.48. The third-order valence-corrected chi connectivity index (χ3v) is 3.19. The van der Waals surface area contributed by atoms with Crippen LogP contribution in [0.25, 0.3) is 0 Å². The summed E-state index contributed by atoms with van der Waals surface area (Å²) in [6, 6.07) is 0. The fourth-order valence-corrected chi connectivity index (χ4v) is 2.08. The molecule has 0 heterocycles. The van der Waals surface area contributed by atoms with Crippen LogP contribution < -0.4 is 9.86 Å². The largest absolute Gasteiger partial charge is 0.274 e. The van der Waals surface area contributed by atoms with Crippen LogP contribution in [0, 0.1) is 0 Å². The lowest BCUT2D eigenvalue weighted by Crippen LogP contribution is -2.31. The summed E-state index contributed by atoms with van der Waals surface area (Å²) in [6.45, 7) is 2.69. The first kappa shape index (κ1) is 15.9. The van der Waals surface area contributed by atoms with Crippen molar-refractivity contribution in [1.82, 2.24) is 4.72 Å². The molecule has 0 aliphatic rings. The summed E-state index contributed by atoms with van der Waals surface area (Å²) in [5.74, 6) is 0. The SMILES string of the molecule is CCCCCCCCCCCNS(N)(=O)=O. The van der Waals surface area contributed by atoms with Gasteiger partial charge in [-0.05, 0) is 6.42 Å². The Labute approximate surface area is 100 Å². The first-order valence-corrected chi connectivity index (χ1v) is 7.88. The molecule has 0 radical (unpaired) electrons. The molecule has 0 amide bonds. The van der Waals surface area contributed by atoms with Gasteiger partial charge in [0.15, 0.2) is 0 Å². The maximum absolute atomic E-state index is 10.5. The molecule has 98 valence electrons. The Balaban J connectivity index is 3.05. The van der Waals surface area contributed by atoms with Crippen LogP contribution >= 0.6 is 0 Å². The predicted molar refractivity (Wildman–Crippen MR) is 68.3 cm³/mol. The highest BCUT2D eigenvalue weighted by Gasteiger charge is 1.98. The molecule has 0 rings (SSSR count). The van der Waals surface area contributed by atoms with Gasteiger partial charge >= 0.3 is 0 Å². The van der Waals surface area contributed by atoms with Gasteiger partial charge in [-0.25, -0.2) is 9.86 Å². The molecule has 0 saturated carbocycles. The van der Waals surface area contributed by atoms with Crippen molar-refractivity contribution in [3.05, 3.63) is 0 Å². The van der Waals surface area contributed by atoms with Crippen LogP contribution in [0.15, 0.2) is 0 Å². The van der Waals surface area contributed by atoms with Crippen LogP contribution in [0.3, 0.4) is 0 Å². The fourth-order valence-electron chi connectivity index (χ4n) is 1.65. The molecule has 0 aromatic heterocycles. The molecule has 0 aliphatic heterocycles. The summed E-state index contributed by atoms with van der Waals surface area (Å²) in [5.41, 5.74) is 0. The predicted octanol–water partition coefficient (Wildman–Crippen LogP) is 2.31. The lowest BCUT2D eigenvalue weighted by atomic mass is 10.1. The number of nitrogens with one attached hydrogen (secondary N) is 1. The van der Waals surface area contributed by atoms with Crippen LogP contribution in [0.1, 0.15) is 64.7 Å². The second-order valence-electron chi connectivity index (χ2n) is 4.27. The topological polar surface area (TPSA) is 72.2 Å². The minimum Gasteiger partial charge on any atom is -0.216 e. The molecular weight excluding hydrogens is 224 g/mol. The van der Waals surface area contributed by atoms with Crippen LogP contribution in [0.5, 0.6) is 0 Å². The number of hydrogen-bond acceptors (Lipinski definition) is 2. The van der Waals surface area contributed by atoms with Gasteiger partial charge in [0.05, 0.1) is 0 Å². The monoisotopic (exact) mass is 250 g/mol. The smallest absolute Gasteiger partial charge is 0.216 e. The van der Waals surface area contributed by atoms with E-state index in [0.29, 0.717) is 6.54 Å². The summed E-state index contributed by atoms with van der Waals surface area (Å²) < 4.78 is 23.4. The summed E-state index contributed by atoms with van der Waals surface area (Å²) >= 11 is 0. The Morgan fingerprint density at radius 3 is 1.75 bits per heavy atom. The molecule has 0 unspecified atom stereocenters. The van der Waals surface area contributed by atoms with Crippen molar-refractivity contribution < 1.29 is 8.42 Å². The third kappa shape index (κ3) is 13.9. The van der Waals surface area contributed by atoms with E-state index in [1.54, 1.807) is 0 Å². The van der Waals surface area contributed by atoms with Gasteiger partial charge in [-0.2, -0.15) is 8.42 Å². The van der Waals surface area contributed by atoms with Crippen LogP contribution in [-0.4, -0.2) is 15.0 Å². The van der Waals surface area contributed by atoms with Crippen molar-refractivity contribution in [3.63, 3.8) is 0 Å². The van der Waals surface area contributed by atoms with Gasteiger partial charge in [-0.15, -0.1) is 0 Å². The standard InChI is InChI=1S/C11H26N2O2S/c1-2-3-4-5-6-7-8-9-10-11-13-16(12,14)15/h13H,2-11H2,1H3,(H2,12,14,15). The van der Waals surface area contributed by atoms with E-state index in [4.69, 9.17) is 5.14 Å². The second kappa shape index (κ2) is 10.1. The lowest BCUT2D eigenvalue weighted by Gasteiger charge is -2.02. The minimum absolute atomic E-state index is 0.467. The molecular formula is C11H26N2O2S. The number of hydrogen-bond donors (Lipinski definition) is 2. The molecule has 0 saturated heterocycles. The number of nitrogens with two attached hydrogens (primary N) is 1.